The molecule has 4 aromatic carbocycles. The van der Waals surface area contributed by atoms with Gasteiger partial charge in [-0.3, -0.25) is 0 Å². The molecule has 0 aliphatic rings. The molecule has 0 fully saturated rings. The van der Waals surface area contributed by atoms with Crippen LogP contribution in [0.4, 0.5) is 0 Å². The van der Waals surface area contributed by atoms with Crippen LogP contribution in [0.3, 0.4) is 0 Å². The van der Waals surface area contributed by atoms with Gasteiger partial charge in [-0.15, -0.1) is 0 Å². The summed E-state index contributed by atoms with van der Waals surface area (Å²) >= 11 is 0. The second-order valence-corrected chi connectivity index (χ2v) is 11.3. The van der Waals surface area contributed by atoms with Gasteiger partial charge in [0.1, 0.15) is 23.0 Å². The van der Waals surface area contributed by atoms with E-state index in [1.165, 1.54) is 0 Å². The fraction of sp³-hybridized carbons (Fsp3) is 0.350. The van der Waals surface area contributed by atoms with Gasteiger partial charge in [-0.05, 0) is 109 Å². The van der Waals surface area contributed by atoms with E-state index in [1.807, 2.05) is 97.1 Å². The average Bonchev–Trinajstić information content (AvgIpc) is 3.11. The van der Waals surface area contributed by atoms with Crippen molar-refractivity contribution >= 4 is 11.9 Å². The molecule has 4 aromatic rings. The van der Waals surface area contributed by atoms with E-state index in [-0.39, 0.29) is 32.3 Å². The molecule has 0 unspecified atom stereocenters. The molecule has 9 heteroatoms. The third-order valence-corrected chi connectivity index (χ3v) is 7.64. The Bertz CT molecular complexity index is 1360. The predicted octanol–water partition coefficient (Wildman–Crippen LogP) is 6.88. The molecule has 8 nitrogen and oxygen atoms in total. The molecular weight excluding hydrogens is 674 g/mol. The zero-order valence-corrected chi connectivity index (χ0v) is 31.7. The molecule has 0 heterocycles. The standard InChI is InChI=1S/2C20H24O4.Zn/c2*1-23-18-11-7-16(8-12-18)17-9-13-19(14-10-17)24-15-5-3-2-4-6-20(21)22;/h2*7-14H,2-6,15H2,1H3,(H,21,22);/q;;+2/p-2. The van der Waals surface area contributed by atoms with Crippen LogP contribution in [0.15, 0.2) is 97.1 Å². The van der Waals surface area contributed by atoms with Crippen molar-refractivity contribution in [1.82, 2.24) is 0 Å². The van der Waals surface area contributed by atoms with Crippen molar-refractivity contribution in [2.75, 3.05) is 27.4 Å². The van der Waals surface area contributed by atoms with E-state index in [9.17, 15) is 19.8 Å². The first-order chi connectivity index (χ1) is 23.4. The van der Waals surface area contributed by atoms with E-state index < -0.39 is 11.9 Å². The Labute approximate surface area is 303 Å². The van der Waals surface area contributed by atoms with Crippen LogP contribution in [-0.2, 0) is 29.1 Å². The minimum atomic E-state index is -0.969. The largest absolute Gasteiger partial charge is 2.00 e. The number of carbonyl (C=O) groups is 2. The van der Waals surface area contributed by atoms with Gasteiger partial charge in [-0.25, -0.2) is 0 Å². The summed E-state index contributed by atoms with van der Waals surface area (Å²) < 4.78 is 21.8. The maximum Gasteiger partial charge on any atom is 2.00 e. The van der Waals surface area contributed by atoms with E-state index in [0.717, 1.165) is 83.8 Å². The molecular formula is C40H46O8Zn. The molecule has 256 valence electrons. The zero-order valence-electron chi connectivity index (χ0n) is 28.7. The van der Waals surface area contributed by atoms with Gasteiger partial charge in [0, 0.05) is 11.9 Å². The number of aliphatic carboxylic acids is 2. The minimum absolute atomic E-state index is 0. The number of carboxylic acids is 2. The van der Waals surface area contributed by atoms with Crippen LogP contribution in [0.1, 0.15) is 64.2 Å². The quantitative estimate of drug-likeness (QED) is 0.0717. The van der Waals surface area contributed by atoms with Crippen LogP contribution in [0.5, 0.6) is 23.0 Å². The zero-order chi connectivity index (χ0) is 34.4. The third-order valence-electron chi connectivity index (χ3n) is 7.64. The van der Waals surface area contributed by atoms with E-state index in [4.69, 9.17) is 18.9 Å². The smallest absolute Gasteiger partial charge is 0.550 e. The summed E-state index contributed by atoms with van der Waals surface area (Å²) in [4.78, 5) is 20.6. The Balaban J connectivity index is 0.000000333. The Morgan fingerprint density at radius 3 is 0.959 bits per heavy atom. The number of rotatable bonds is 20. The summed E-state index contributed by atoms with van der Waals surface area (Å²) in [5, 5.41) is 20.6. The number of carboxylic acid groups (broad SMARTS) is 2. The number of carbonyl (C=O) groups excluding carboxylic acids is 2. The fourth-order valence-corrected chi connectivity index (χ4v) is 4.88. The van der Waals surface area contributed by atoms with Gasteiger partial charge < -0.3 is 38.7 Å². The maximum absolute atomic E-state index is 10.3. The first-order valence-electron chi connectivity index (χ1n) is 16.5. The number of unbranched alkanes of at least 4 members (excludes halogenated alkanes) is 6. The SMILES string of the molecule is COc1ccc(-c2ccc(OCCCCCCC(=O)[O-])cc2)cc1.COc1ccc(-c2ccc(OCCCCCCC(=O)[O-])cc2)cc1.[Zn+2]. The maximum atomic E-state index is 10.3. The van der Waals surface area contributed by atoms with E-state index in [1.54, 1.807) is 14.2 Å². The molecule has 0 saturated carbocycles. The summed E-state index contributed by atoms with van der Waals surface area (Å²) in [7, 11) is 3.31. The van der Waals surface area contributed by atoms with Crippen molar-refractivity contribution in [2.24, 2.45) is 0 Å². The van der Waals surface area contributed by atoms with Gasteiger partial charge in [0.25, 0.3) is 0 Å². The van der Waals surface area contributed by atoms with Crippen LogP contribution in [0.25, 0.3) is 22.3 Å². The fourth-order valence-electron chi connectivity index (χ4n) is 4.88. The van der Waals surface area contributed by atoms with Crippen molar-refractivity contribution < 1.29 is 58.2 Å². The van der Waals surface area contributed by atoms with Crippen molar-refractivity contribution in [3.05, 3.63) is 97.1 Å². The summed E-state index contributed by atoms with van der Waals surface area (Å²) in [6, 6.07) is 31.9. The summed E-state index contributed by atoms with van der Waals surface area (Å²) in [6.07, 6.45) is 7.23. The molecule has 0 N–H and O–H groups in total. The van der Waals surface area contributed by atoms with Crippen molar-refractivity contribution in [3.8, 4) is 45.3 Å². The van der Waals surface area contributed by atoms with Crippen LogP contribution in [-0.4, -0.2) is 39.4 Å². The molecule has 0 aliphatic heterocycles. The topological polar surface area (TPSA) is 117 Å². The Morgan fingerprint density at radius 1 is 0.429 bits per heavy atom. The molecule has 0 aliphatic carbocycles. The number of benzene rings is 4. The third kappa shape index (κ3) is 16.5. The normalized spacial score (nSPS) is 10.2. The number of hydrogen-bond donors (Lipinski definition) is 0. The molecule has 0 aromatic heterocycles. The van der Waals surface area contributed by atoms with Crippen LogP contribution in [0.2, 0.25) is 0 Å². The van der Waals surface area contributed by atoms with E-state index >= 15 is 0 Å². The summed E-state index contributed by atoms with van der Waals surface area (Å²) in [5.41, 5.74) is 4.53. The number of methoxy groups -OCH3 is 2. The molecule has 49 heavy (non-hydrogen) atoms. The molecule has 0 bridgehead atoms. The first-order valence-corrected chi connectivity index (χ1v) is 16.5. The Kier molecular flexibility index (Phi) is 19.9. The van der Waals surface area contributed by atoms with Crippen molar-refractivity contribution in [2.45, 2.75) is 64.2 Å². The van der Waals surface area contributed by atoms with Crippen molar-refractivity contribution in [3.63, 3.8) is 0 Å². The summed E-state index contributed by atoms with van der Waals surface area (Å²) in [6.45, 7) is 1.29. The number of ether oxygens (including phenoxy) is 4. The van der Waals surface area contributed by atoms with Crippen LogP contribution in [0, 0.1) is 0 Å². The van der Waals surface area contributed by atoms with E-state index in [0.29, 0.717) is 26.1 Å². The van der Waals surface area contributed by atoms with Gasteiger partial charge in [-0.2, -0.15) is 0 Å². The van der Waals surface area contributed by atoms with E-state index in [2.05, 4.69) is 0 Å². The van der Waals surface area contributed by atoms with Crippen LogP contribution < -0.4 is 29.2 Å². The predicted molar refractivity (Wildman–Crippen MR) is 184 cm³/mol. The second-order valence-electron chi connectivity index (χ2n) is 11.3. The molecule has 0 radical (unpaired) electrons. The van der Waals surface area contributed by atoms with Gasteiger partial charge >= 0.3 is 19.5 Å². The molecule has 0 saturated heterocycles. The van der Waals surface area contributed by atoms with Crippen LogP contribution >= 0.6 is 0 Å². The minimum Gasteiger partial charge on any atom is -0.550 e. The molecule has 0 spiro atoms. The second kappa shape index (κ2) is 23.9. The van der Waals surface area contributed by atoms with Gasteiger partial charge in [-0.1, -0.05) is 74.2 Å². The van der Waals surface area contributed by atoms with Gasteiger partial charge in [0.2, 0.25) is 0 Å². The summed E-state index contributed by atoms with van der Waals surface area (Å²) in [5.74, 6) is 1.45. The Hall–Kier alpha value is -4.36. The van der Waals surface area contributed by atoms with Gasteiger partial charge in [0.15, 0.2) is 0 Å². The molecule has 0 atom stereocenters. The molecule has 0 amide bonds. The molecule has 4 rings (SSSR count). The van der Waals surface area contributed by atoms with Gasteiger partial charge in [0.05, 0.1) is 27.4 Å². The first kappa shape index (κ1) is 40.8. The monoisotopic (exact) mass is 718 g/mol. The van der Waals surface area contributed by atoms with Crippen molar-refractivity contribution in [1.29, 1.82) is 0 Å². The Morgan fingerprint density at radius 2 is 0.694 bits per heavy atom. The average molecular weight is 720 g/mol. The number of hydrogen-bond acceptors (Lipinski definition) is 8.